The summed E-state index contributed by atoms with van der Waals surface area (Å²) >= 11 is 0. The first-order valence-corrected chi connectivity index (χ1v) is 10.0. The third kappa shape index (κ3) is 13.2. The van der Waals surface area contributed by atoms with Gasteiger partial charge in [0.15, 0.2) is 0 Å². The molecule has 2 unspecified atom stereocenters. The fraction of sp³-hybridized carbons (Fsp3) is 1.00. The van der Waals surface area contributed by atoms with E-state index in [1.807, 2.05) is 0 Å². The number of phosphoric acid groups is 1. The first kappa shape index (κ1) is 25.0. The zero-order valence-electron chi connectivity index (χ0n) is 15.0. The largest absolute Gasteiger partial charge is 0.756 e. The second-order valence-corrected chi connectivity index (χ2v) is 7.28. The van der Waals surface area contributed by atoms with Gasteiger partial charge in [-0.25, -0.2) is 0 Å². The van der Waals surface area contributed by atoms with E-state index in [0.29, 0.717) is 11.8 Å². The molecule has 22 heavy (non-hydrogen) atoms. The van der Waals surface area contributed by atoms with Crippen molar-refractivity contribution in [2.45, 2.75) is 79.1 Å². The van der Waals surface area contributed by atoms with Gasteiger partial charge in [-0.3, -0.25) is 4.57 Å². The monoisotopic (exact) mass is 385 g/mol. The van der Waals surface area contributed by atoms with Gasteiger partial charge in [-0.2, -0.15) is 0 Å². The molecule has 0 aromatic heterocycles. The topological polar surface area (TPSA) is 58.6 Å². The fourth-order valence-electron chi connectivity index (χ4n) is 2.23. The van der Waals surface area contributed by atoms with Gasteiger partial charge < -0.3 is 13.9 Å². The molecule has 4 nitrogen and oxygen atoms in total. The van der Waals surface area contributed by atoms with Crippen molar-refractivity contribution >= 4 is 7.82 Å². The average molecular weight is 387 g/mol. The van der Waals surface area contributed by atoms with E-state index in [0.717, 1.165) is 51.4 Å². The van der Waals surface area contributed by atoms with Gasteiger partial charge >= 0.3 is 0 Å². The standard InChI is InChI=1S/C16H35O4P.Zn/c1-5-9-11-15(7-3)13-19-21(17,18)20-14-16(8-4)12-10-6-2;/h15-16H,5-14H2,1-4H3,(H,17,18);/p-1. The number of hydrogen-bond donors (Lipinski definition) is 0. The Balaban J connectivity index is 0. The SMILES string of the molecule is CCCCC(CC)COP(=O)([O-])OCC(CC)CCCC.[Zn]. The summed E-state index contributed by atoms with van der Waals surface area (Å²) in [6.45, 7) is 8.91. The molecule has 0 spiro atoms. The summed E-state index contributed by atoms with van der Waals surface area (Å²) in [6.07, 6.45) is 8.38. The smallest absolute Gasteiger partial charge is 0.267 e. The molecule has 0 heterocycles. The van der Waals surface area contributed by atoms with Gasteiger partial charge in [-0.05, 0) is 24.7 Å². The zero-order chi connectivity index (χ0) is 16.1. The molecule has 0 amide bonds. The Kier molecular flexibility index (Phi) is 17.3. The van der Waals surface area contributed by atoms with E-state index in [-0.39, 0.29) is 32.7 Å². The van der Waals surface area contributed by atoms with Gasteiger partial charge in [-0.15, -0.1) is 0 Å². The molecular weight excluding hydrogens is 353 g/mol. The molecule has 0 rings (SSSR count). The summed E-state index contributed by atoms with van der Waals surface area (Å²) in [5.74, 6) is 0.607. The van der Waals surface area contributed by atoms with E-state index in [1.165, 1.54) is 0 Å². The molecule has 0 saturated carbocycles. The van der Waals surface area contributed by atoms with Crippen LogP contribution in [0.2, 0.25) is 0 Å². The number of hydrogen-bond acceptors (Lipinski definition) is 4. The molecule has 6 heteroatoms. The number of rotatable bonds is 14. The summed E-state index contributed by atoms with van der Waals surface area (Å²) in [7, 11) is -4.14. The molecule has 130 valence electrons. The van der Waals surface area contributed by atoms with Crippen LogP contribution in [0.15, 0.2) is 0 Å². The van der Waals surface area contributed by atoms with Crippen LogP contribution in [0.5, 0.6) is 0 Å². The second-order valence-electron chi connectivity index (χ2n) is 5.87. The van der Waals surface area contributed by atoms with Crippen LogP contribution in [0.3, 0.4) is 0 Å². The summed E-state index contributed by atoms with van der Waals surface area (Å²) in [6, 6.07) is 0. The van der Waals surface area contributed by atoms with Crippen LogP contribution in [-0.2, 0) is 33.1 Å². The summed E-state index contributed by atoms with van der Waals surface area (Å²) < 4.78 is 21.9. The Bertz CT molecular complexity index is 265. The summed E-state index contributed by atoms with van der Waals surface area (Å²) in [5.41, 5.74) is 0. The van der Waals surface area contributed by atoms with E-state index in [1.54, 1.807) is 0 Å². The van der Waals surface area contributed by atoms with Gasteiger partial charge in [0, 0.05) is 19.5 Å². The number of phosphoric ester groups is 1. The predicted molar refractivity (Wildman–Crippen MR) is 86.1 cm³/mol. The fourth-order valence-corrected chi connectivity index (χ4v) is 3.09. The van der Waals surface area contributed by atoms with Gasteiger partial charge in [0.1, 0.15) is 0 Å². The zero-order valence-corrected chi connectivity index (χ0v) is 18.9. The van der Waals surface area contributed by atoms with Gasteiger partial charge in [0.2, 0.25) is 0 Å². The van der Waals surface area contributed by atoms with E-state index >= 15 is 0 Å². The molecule has 0 bridgehead atoms. The molecule has 0 fully saturated rings. The van der Waals surface area contributed by atoms with E-state index in [4.69, 9.17) is 9.05 Å². The molecule has 2 atom stereocenters. The minimum Gasteiger partial charge on any atom is -0.756 e. The van der Waals surface area contributed by atoms with Gasteiger partial charge in [0.05, 0.1) is 13.2 Å². The van der Waals surface area contributed by atoms with Gasteiger partial charge in [-0.1, -0.05) is 66.2 Å². The molecule has 0 N–H and O–H groups in total. The van der Waals surface area contributed by atoms with Crippen LogP contribution in [0, 0.1) is 11.8 Å². The molecule has 0 saturated heterocycles. The Morgan fingerprint density at radius 1 is 0.864 bits per heavy atom. The predicted octanol–water partition coefficient (Wildman–Crippen LogP) is 4.92. The van der Waals surface area contributed by atoms with Crippen LogP contribution < -0.4 is 4.89 Å². The molecular formula is C16H34O4PZn-. The van der Waals surface area contributed by atoms with E-state index < -0.39 is 7.82 Å². The molecule has 0 aromatic rings. The van der Waals surface area contributed by atoms with E-state index in [2.05, 4.69) is 27.7 Å². The number of unbranched alkanes of at least 4 members (excludes halogenated alkanes) is 2. The van der Waals surface area contributed by atoms with Crippen molar-refractivity contribution in [1.29, 1.82) is 0 Å². The summed E-state index contributed by atoms with van der Waals surface area (Å²) in [5, 5.41) is 0. The minimum absolute atomic E-state index is 0. The quantitative estimate of drug-likeness (QED) is 0.314. The molecule has 0 aromatic carbocycles. The molecule has 0 aliphatic heterocycles. The van der Waals surface area contributed by atoms with Gasteiger partial charge in [0.25, 0.3) is 7.82 Å². The Labute approximate surface area is 150 Å². The average Bonchev–Trinajstić information content (AvgIpc) is 2.47. The molecule has 0 aliphatic carbocycles. The van der Waals surface area contributed by atoms with Crippen molar-refractivity contribution in [2.75, 3.05) is 13.2 Å². The van der Waals surface area contributed by atoms with Crippen molar-refractivity contribution in [3.05, 3.63) is 0 Å². The Morgan fingerprint density at radius 3 is 1.50 bits per heavy atom. The maximum absolute atomic E-state index is 11.8. The molecule has 0 radical (unpaired) electrons. The van der Waals surface area contributed by atoms with Crippen LogP contribution in [0.4, 0.5) is 0 Å². The second kappa shape index (κ2) is 15.3. The summed E-state index contributed by atoms with van der Waals surface area (Å²) in [4.78, 5) is 11.8. The van der Waals surface area contributed by atoms with Crippen LogP contribution >= 0.6 is 7.82 Å². The Morgan fingerprint density at radius 2 is 1.23 bits per heavy atom. The van der Waals surface area contributed by atoms with Crippen molar-refractivity contribution in [3.8, 4) is 0 Å². The van der Waals surface area contributed by atoms with Crippen molar-refractivity contribution < 1.29 is 38.0 Å². The Hall–Kier alpha value is 0.733. The van der Waals surface area contributed by atoms with Crippen molar-refractivity contribution in [2.24, 2.45) is 11.8 Å². The van der Waals surface area contributed by atoms with Crippen LogP contribution in [0.25, 0.3) is 0 Å². The first-order chi connectivity index (χ1) is 9.99. The normalized spacial score (nSPS) is 16.6. The van der Waals surface area contributed by atoms with Crippen molar-refractivity contribution in [3.63, 3.8) is 0 Å². The maximum atomic E-state index is 11.8. The maximum Gasteiger partial charge on any atom is 0.267 e. The van der Waals surface area contributed by atoms with Crippen LogP contribution in [0.1, 0.15) is 79.1 Å². The minimum atomic E-state index is -4.14. The first-order valence-electron chi connectivity index (χ1n) is 8.59. The van der Waals surface area contributed by atoms with Crippen LogP contribution in [-0.4, -0.2) is 13.2 Å². The third-order valence-corrected chi connectivity index (χ3v) is 4.95. The molecule has 0 aliphatic rings. The van der Waals surface area contributed by atoms with Crippen molar-refractivity contribution in [1.82, 2.24) is 0 Å². The van der Waals surface area contributed by atoms with E-state index in [9.17, 15) is 9.46 Å². The third-order valence-electron chi connectivity index (χ3n) is 4.02.